The first-order valence-electron chi connectivity index (χ1n) is 4.85. The Kier molecular flexibility index (Phi) is 4.93. The lowest BCUT2D eigenvalue weighted by molar-refractivity contribution is 0.194. The van der Waals surface area contributed by atoms with Crippen LogP contribution in [0.15, 0.2) is 12.3 Å². The molecule has 0 aliphatic heterocycles. The number of unbranched alkanes of at least 4 members (excludes halogenated alkanes) is 1. The molecule has 0 aliphatic carbocycles. The zero-order valence-corrected chi connectivity index (χ0v) is 8.79. The molecule has 0 amide bonds. The van der Waals surface area contributed by atoms with Gasteiger partial charge in [0.1, 0.15) is 11.6 Å². The average molecular weight is 195 g/mol. The fourth-order valence-corrected chi connectivity index (χ4v) is 1.14. The van der Waals surface area contributed by atoms with E-state index in [1.54, 1.807) is 13.3 Å². The highest BCUT2D eigenvalue weighted by atomic mass is 16.5. The predicted octanol–water partition coefficient (Wildman–Crippen LogP) is 1.62. The molecule has 0 aliphatic rings. The summed E-state index contributed by atoms with van der Waals surface area (Å²) in [7, 11) is 1.72. The predicted molar refractivity (Wildman–Crippen MR) is 56.4 cm³/mol. The van der Waals surface area contributed by atoms with Crippen molar-refractivity contribution in [3.8, 4) is 0 Å². The van der Waals surface area contributed by atoms with Gasteiger partial charge in [0.25, 0.3) is 0 Å². The number of ether oxygens (including phenoxy) is 1. The first kappa shape index (κ1) is 10.9. The van der Waals surface area contributed by atoms with Gasteiger partial charge in [-0.15, -0.1) is 0 Å². The molecule has 0 bridgehead atoms. The molecule has 14 heavy (non-hydrogen) atoms. The summed E-state index contributed by atoms with van der Waals surface area (Å²) in [6.45, 7) is 3.64. The molecule has 1 aromatic heterocycles. The number of methoxy groups -OCH3 is 1. The summed E-state index contributed by atoms with van der Waals surface area (Å²) < 4.78 is 4.96. The van der Waals surface area contributed by atoms with Gasteiger partial charge in [-0.25, -0.2) is 9.97 Å². The zero-order chi connectivity index (χ0) is 10.2. The van der Waals surface area contributed by atoms with E-state index in [-0.39, 0.29) is 0 Å². The van der Waals surface area contributed by atoms with Crippen LogP contribution in [0.2, 0.25) is 0 Å². The van der Waals surface area contributed by atoms with Crippen LogP contribution in [0.25, 0.3) is 0 Å². The summed E-state index contributed by atoms with van der Waals surface area (Å²) in [4.78, 5) is 8.26. The number of hydrogen-bond acceptors (Lipinski definition) is 4. The lowest BCUT2D eigenvalue weighted by Gasteiger charge is -2.04. The Bertz CT molecular complexity index is 265. The molecule has 0 saturated carbocycles. The molecule has 1 rings (SSSR count). The molecule has 4 heteroatoms. The topological polar surface area (TPSA) is 47.0 Å². The number of nitrogens with one attached hydrogen (secondary N) is 1. The number of hydrogen-bond donors (Lipinski definition) is 1. The molecule has 4 nitrogen and oxygen atoms in total. The molecular weight excluding hydrogens is 178 g/mol. The lowest BCUT2D eigenvalue weighted by Crippen LogP contribution is -2.05. The SMILES string of the molecule is COCCCCNc1ccnc(C)n1. The largest absolute Gasteiger partial charge is 0.385 e. The molecule has 78 valence electrons. The molecule has 1 aromatic rings. The van der Waals surface area contributed by atoms with Crippen LogP contribution in [0.4, 0.5) is 5.82 Å². The summed E-state index contributed by atoms with van der Waals surface area (Å²) in [6.07, 6.45) is 3.93. The van der Waals surface area contributed by atoms with Crippen molar-refractivity contribution in [1.29, 1.82) is 0 Å². The van der Waals surface area contributed by atoms with Crippen LogP contribution >= 0.6 is 0 Å². The molecule has 0 unspecified atom stereocenters. The van der Waals surface area contributed by atoms with Crippen LogP contribution in [-0.4, -0.2) is 30.2 Å². The third-order valence-electron chi connectivity index (χ3n) is 1.86. The Morgan fingerprint density at radius 2 is 2.29 bits per heavy atom. The Morgan fingerprint density at radius 3 is 3.00 bits per heavy atom. The standard InChI is InChI=1S/C10H17N3O/c1-9-11-7-5-10(13-9)12-6-3-4-8-14-2/h5,7H,3-4,6,8H2,1-2H3,(H,11,12,13). The molecule has 1 heterocycles. The molecule has 0 atom stereocenters. The van der Waals surface area contributed by atoms with E-state index in [0.717, 1.165) is 37.6 Å². The molecule has 0 fully saturated rings. The molecule has 1 N–H and O–H groups in total. The Labute approximate surface area is 84.7 Å². The maximum atomic E-state index is 4.96. The fourth-order valence-electron chi connectivity index (χ4n) is 1.14. The smallest absolute Gasteiger partial charge is 0.129 e. The summed E-state index contributed by atoms with van der Waals surface area (Å²) in [6, 6.07) is 1.88. The van der Waals surface area contributed by atoms with Crippen molar-refractivity contribution >= 4 is 5.82 Å². The van der Waals surface area contributed by atoms with Crippen molar-refractivity contribution in [3.63, 3.8) is 0 Å². The fraction of sp³-hybridized carbons (Fsp3) is 0.600. The van der Waals surface area contributed by atoms with E-state index in [9.17, 15) is 0 Å². The number of aryl methyl sites for hydroxylation is 1. The van der Waals surface area contributed by atoms with Crippen LogP contribution in [0.3, 0.4) is 0 Å². The van der Waals surface area contributed by atoms with E-state index < -0.39 is 0 Å². The summed E-state index contributed by atoms with van der Waals surface area (Å²) >= 11 is 0. The van der Waals surface area contributed by atoms with Crippen LogP contribution in [0, 0.1) is 6.92 Å². The van der Waals surface area contributed by atoms with Gasteiger partial charge in [0.05, 0.1) is 0 Å². The normalized spacial score (nSPS) is 10.1. The van der Waals surface area contributed by atoms with Gasteiger partial charge in [0.2, 0.25) is 0 Å². The van der Waals surface area contributed by atoms with Crippen LogP contribution in [0.1, 0.15) is 18.7 Å². The zero-order valence-electron chi connectivity index (χ0n) is 8.79. The van der Waals surface area contributed by atoms with Crippen molar-refractivity contribution in [2.45, 2.75) is 19.8 Å². The highest BCUT2D eigenvalue weighted by molar-refractivity contribution is 5.32. The van der Waals surface area contributed by atoms with Crippen molar-refractivity contribution in [1.82, 2.24) is 9.97 Å². The first-order chi connectivity index (χ1) is 6.83. The number of rotatable bonds is 6. The van der Waals surface area contributed by atoms with E-state index in [2.05, 4.69) is 15.3 Å². The third kappa shape index (κ3) is 4.18. The van der Waals surface area contributed by atoms with E-state index in [0.29, 0.717) is 0 Å². The van der Waals surface area contributed by atoms with Gasteiger partial charge in [-0.2, -0.15) is 0 Å². The lowest BCUT2D eigenvalue weighted by atomic mass is 10.3. The Balaban J connectivity index is 2.18. The first-order valence-corrected chi connectivity index (χ1v) is 4.85. The molecular formula is C10H17N3O. The van der Waals surface area contributed by atoms with Crippen molar-refractivity contribution in [2.24, 2.45) is 0 Å². The van der Waals surface area contributed by atoms with Gasteiger partial charge in [-0.3, -0.25) is 0 Å². The van der Waals surface area contributed by atoms with Gasteiger partial charge in [0.15, 0.2) is 0 Å². The van der Waals surface area contributed by atoms with Crippen molar-refractivity contribution < 1.29 is 4.74 Å². The summed E-state index contributed by atoms with van der Waals surface area (Å²) in [5.41, 5.74) is 0. The van der Waals surface area contributed by atoms with Crippen molar-refractivity contribution in [3.05, 3.63) is 18.1 Å². The minimum Gasteiger partial charge on any atom is -0.385 e. The van der Waals surface area contributed by atoms with Gasteiger partial charge < -0.3 is 10.1 Å². The van der Waals surface area contributed by atoms with E-state index in [4.69, 9.17) is 4.74 Å². The molecule has 0 saturated heterocycles. The summed E-state index contributed by atoms with van der Waals surface area (Å²) in [5, 5.41) is 3.24. The third-order valence-corrected chi connectivity index (χ3v) is 1.86. The summed E-state index contributed by atoms with van der Waals surface area (Å²) in [5.74, 6) is 1.70. The number of nitrogens with zero attached hydrogens (tertiary/aromatic N) is 2. The van der Waals surface area contributed by atoms with Gasteiger partial charge in [0, 0.05) is 26.5 Å². The maximum Gasteiger partial charge on any atom is 0.129 e. The minimum atomic E-state index is 0.798. The number of aromatic nitrogens is 2. The van der Waals surface area contributed by atoms with E-state index >= 15 is 0 Å². The quantitative estimate of drug-likeness (QED) is 0.701. The van der Waals surface area contributed by atoms with E-state index in [1.807, 2.05) is 13.0 Å². The van der Waals surface area contributed by atoms with Gasteiger partial charge in [-0.05, 0) is 25.8 Å². The molecule has 0 aromatic carbocycles. The van der Waals surface area contributed by atoms with Gasteiger partial charge in [-0.1, -0.05) is 0 Å². The number of anilines is 1. The van der Waals surface area contributed by atoms with Crippen LogP contribution < -0.4 is 5.32 Å². The second-order valence-electron chi connectivity index (χ2n) is 3.12. The van der Waals surface area contributed by atoms with Crippen LogP contribution in [0.5, 0.6) is 0 Å². The second kappa shape index (κ2) is 6.32. The Hall–Kier alpha value is -1.16. The molecule has 0 radical (unpaired) electrons. The average Bonchev–Trinajstić information content (AvgIpc) is 2.18. The molecule has 0 spiro atoms. The van der Waals surface area contributed by atoms with Gasteiger partial charge >= 0.3 is 0 Å². The minimum absolute atomic E-state index is 0.798. The second-order valence-corrected chi connectivity index (χ2v) is 3.12. The highest BCUT2D eigenvalue weighted by Crippen LogP contribution is 2.01. The monoisotopic (exact) mass is 195 g/mol. The van der Waals surface area contributed by atoms with E-state index in [1.165, 1.54) is 0 Å². The van der Waals surface area contributed by atoms with Crippen molar-refractivity contribution in [2.75, 3.05) is 25.6 Å². The highest BCUT2D eigenvalue weighted by Gasteiger charge is 1.93. The van der Waals surface area contributed by atoms with Crippen LogP contribution in [-0.2, 0) is 4.74 Å². The Morgan fingerprint density at radius 1 is 1.43 bits per heavy atom. The maximum absolute atomic E-state index is 4.96.